The molecular formula is C25H35N8O5+. The molecule has 13 heteroatoms. The Labute approximate surface area is 220 Å². The van der Waals surface area contributed by atoms with E-state index in [4.69, 9.17) is 11.5 Å². The third kappa shape index (κ3) is 3.63. The molecule has 1 spiro atoms. The van der Waals surface area contributed by atoms with Gasteiger partial charge in [0.1, 0.15) is 12.1 Å². The second-order valence-electron chi connectivity index (χ2n) is 11.5. The number of nitrogens with one attached hydrogen (secondary N) is 3. The number of benzene rings is 1. The molecule has 0 bridgehead atoms. The predicted molar refractivity (Wildman–Crippen MR) is 136 cm³/mol. The van der Waals surface area contributed by atoms with Gasteiger partial charge in [0.2, 0.25) is 17.6 Å². The molecule has 0 radical (unpaired) electrons. The molecule has 0 aliphatic carbocycles. The maximum atomic E-state index is 13.4. The number of hydrogen-bond donors (Lipinski definition) is 7. The van der Waals surface area contributed by atoms with Gasteiger partial charge < -0.3 is 21.3 Å². The Hall–Kier alpha value is -3.71. The van der Waals surface area contributed by atoms with Crippen LogP contribution in [0.25, 0.3) is 0 Å². The molecule has 0 aromatic heterocycles. The van der Waals surface area contributed by atoms with E-state index >= 15 is 0 Å². The van der Waals surface area contributed by atoms with E-state index in [0.29, 0.717) is 5.56 Å². The number of nitrogens with zero attached hydrogens (tertiary/aromatic N) is 3. The topological polar surface area (TPSA) is 201 Å². The van der Waals surface area contributed by atoms with Crippen LogP contribution >= 0.6 is 0 Å². The van der Waals surface area contributed by atoms with E-state index in [2.05, 4.69) is 41.4 Å². The van der Waals surface area contributed by atoms with Gasteiger partial charge in [-0.3, -0.25) is 34.9 Å². The summed E-state index contributed by atoms with van der Waals surface area (Å²) in [5.41, 5.74) is 12.7. The number of rotatable bonds is 4. The molecule has 4 atom stereocenters. The molecule has 2 saturated heterocycles. The zero-order valence-corrected chi connectivity index (χ0v) is 21.9. The fourth-order valence-electron chi connectivity index (χ4n) is 6.26. The molecule has 1 aromatic rings. The quantitative estimate of drug-likeness (QED) is 0.152. The molecule has 1 unspecified atom stereocenters. The third-order valence-electron chi connectivity index (χ3n) is 8.10. The minimum Gasteiger partial charge on any atom is -0.370 e. The zero-order chi connectivity index (χ0) is 27.8. The molecule has 2 fully saturated rings. The molecule has 0 saturated carbocycles. The van der Waals surface area contributed by atoms with Gasteiger partial charge in [-0.2, -0.15) is 0 Å². The predicted octanol–water partition coefficient (Wildman–Crippen LogP) is -3.70. The highest BCUT2D eigenvalue weighted by atomic mass is 16.5. The fraction of sp³-hybridized carbons (Fsp3) is 0.560. The van der Waals surface area contributed by atoms with E-state index in [1.807, 2.05) is 13.0 Å². The second-order valence-corrected chi connectivity index (χ2v) is 11.5. The molecule has 5 rings (SSSR count). The summed E-state index contributed by atoms with van der Waals surface area (Å²) in [4.78, 5) is 48.0. The lowest BCUT2D eigenvalue weighted by Crippen LogP contribution is -2.90. The van der Waals surface area contributed by atoms with Crippen LogP contribution in [0.2, 0.25) is 0 Å². The van der Waals surface area contributed by atoms with Crippen molar-refractivity contribution in [2.45, 2.75) is 75.5 Å². The highest BCUT2D eigenvalue weighted by Gasteiger charge is 2.76. The number of guanidine groups is 2. The minimum absolute atomic E-state index is 0.0375. The summed E-state index contributed by atoms with van der Waals surface area (Å²) in [6.45, 7) is 7.84. The number of nitrogens with two attached hydrogens (primary N) is 2. The van der Waals surface area contributed by atoms with Crippen molar-refractivity contribution in [3.05, 3.63) is 34.9 Å². The minimum atomic E-state index is -2.59. The molecule has 4 aliphatic rings. The van der Waals surface area contributed by atoms with Gasteiger partial charge >= 0.3 is 5.96 Å². The lowest BCUT2D eigenvalue weighted by molar-refractivity contribution is -0.521. The Morgan fingerprint density at radius 1 is 1.24 bits per heavy atom. The van der Waals surface area contributed by atoms with Crippen LogP contribution in [0.1, 0.15) is 55.1 Å². The number of imide groups is 1. The molecule has 204 valence electrons. The van der Waals surface area contributed by atoms with Crippen LogP contribution in [0, 0.1) is 6.92 Å². The summed E-state index contributed by atoms with van der Waals surface area (Å²) in [7, 11) is 0. The number of hydrogen-bond acceptors (Lipinski definition) is 10. The molecule has 38 heavy (non-hydrogen) atoms. The summed E-state index contributed by atoms with van der Waals surface area (Å²) in [5.74, 6) is -3.71. The Bertz CT molecular complexity index is 1270. The van der Waals surface area contributed by atoms with E-state index in [0.717, 1.165) is 16.0 Å². The van der Waals surface area contributed by atoms with E-state index in [1.54, 1.807) is 12.1 Å². The Kier molecular flexibility index (Phi) is 5.73. The van der Waals surface area contributed by atoms with Gasteiger partial charge in [0, 0.05) is 18.4 Å². The Balaban J connectivity index is 1.46. The van der Waals surface area contributed by atoms with Gasteiger partial charge in [0.25, 0.3) is 11.6 Å². The van der Waals surface area contributed by atoms with Gasteiger partial charge in [-0.15, -0.1) is 0 Å². The summed E-state index contributed by atoms with van der Waals surface area (Å²) in [6.07, 6.45) is 0.223. The first-order chi connectivity index (χ1) is 17.7. The van der Waals surface area contributed by atoms with Gasteiger partial charge in [-0.25, -0.2) is 10.3 Å². The standard InChI is InChI=1S/C25H34N8O5/c1-12-13(6-5-7-14(12)23(2,3)4)20(36)29-16-11-33-22(27)28-15(10-32-17(34)8-9-18(32)35)19-24(33,25(16,37)38)31-21(26)30-19/h5-7,15-16,19,37-38H,8-11H2,1-4H3,(H2,27,28)(H,29,36)(H3,26,30,31)/p+1/t15-,16?,19-,24-/m0/s1. The van der Waals surface area contributed by atoms with Crippen molar-refractivity contribution in [2.75, 3.05) is 13.1 Å². The lowest BCUT2D eigenvalue weighted by atomic mass is 9.82. The van der Waals surface area contributed by atoms with Crippen LogP contribution in [0.15, 0.2) is 23.2 Å². The number of amides is 3. The first-order valence-corrected chi connectivity index (χ1v) is 12.7. The molecule has 3 amide bonds. The summed E-state index contributed by atoms with van der Waals surface area (Å²) in [6, 6.07) is 2.54. The number of carbonyl (C=O) groups excluding carboxylic acids is 3. The zero-order valence-electron chi connectivity index (χ0n) is 21.9. The van der Waals surface area contributed by atoms with Gasteiger partial charge in [0.15, 0.2) is 12.0 Å². The molecule has 13 nitrogen and oxygen atoms in total. The molecule has 9 N–H and O–H groups in total. The summed E-state index contributed by atoms with van der Waals surface area (Å²) in [5, 5.41) is 29.0. The average molecular weight is 528 g/mol. The summed E-state index contributed by atoms with van der Waals surface area (Å²) < 4.78 is 0. The smallest absolute Gasteiger partial charge is 0.343 e. The van der Waals surface area contributed by atoms with Gasteiger partial charge in [0.05, 0.1) is 13.1 Å². The summed E-state index contributed by atoms with van der Waals surface area (Å²) >= 11 is 0. The molecule has 4 aliphatic heterocycles. The second kappa shape index (κ2) is 8.40. The van der Waals surface area contributed by atoms with E-state index in [9.17, 15) is 24.6 Å². The average Bonchev–Trinajstić information content (AvgIpc) is 3.41. The van der Waals surface area contributed by atoms with Gasteiger partial charge in [-0.05, 0) is 29.5 Å². The molecule has 1 aromatic carbocycles. The van der Waals surface area contributed by atoms with Crippen molar-refractivity contribution in [1.29, 1.82) is 0 Å². The lowest BCUT2D eigenvalue weighted by Gasteiger charge is -2.46. The number of likely N-dealkylation sites (tertiary alicyclic amines) is 1. The van der Waals surface area contributed by atoms with Crippen molar-refractivity contribution in [1.82, 2.24) is 20.4 Å². The monoisotopic (exact) mass is 527 g/mol. The Morgan fingerprint density at radius 2 is 1.89 bits per heavy atom. The maximum Gasteiger partial charge on any atom is 0.343 e. The van der Waals surface area contributed by atoms with Crippen molar-refractivity contribution >= 4 is 29.6 Å². The maximum absolute atomic E-state index is 13.4. The highest BCUT2D eigenvalue weighted by molar-refractivity contribution is 6.02. The van der Waals surface area contributed by atoms with Crippen LogP contribution < -0.4 is 27.1 Å². The van der Waals surface area contributed by atoms with Gasteiger partial charge in [-0.1, -0.05) is 32.9 Å². The number of carbonyl (C=O) groups is 3. The van der Waals surface area contributed by atoms with Crippen molar-refractivity contribution in [3.8, 4) is 0 Å². The molecule has 4 heterocycles. The highest BCUT2D eigenvalue weighted by Crippen LogP contribution is 2.41. The first-order valence-electron chi connectivity index (χ1n) is 12.7. The number of aliphatic imine (C=N–C) groups is 1. The largest absolute Gasteiger partial charge is 0.370 e. The van der Waals surface area contributed by atoms with Crippen molar-refractivity contribution in [2.24, 2.45) is 16.5 Å². The van der Waals surface area contributed by atoms with Crippen LogP contribution in [0.4, 0.5) is 0 Å². The van der Waals surface area contributed by atoms with Crippen molar-refractivity contribution in [3.63, 3.8) is 0 Å². The SMILES string of the molecule is Cc1c(C(=O)NC2CN3C(N)=N[C@@H](CN4C(=O)CCC4=O)[C@@H]4[NH+]=C(N)N[C@@]43C2(O)O)cccc1C(C)(C)C. The first kappa shape index (κ1) is 25.9. The Morgan fingerprint density at radius 3 is 2.53 bits per heavy atom. The van der Waals surface area contributed by atoms with Crippen LogP contribution in [0.3, 0.4) is 0 Å². The fourth-order valence-corrected chi connectivity index (χ4v) is 6.26. The van der Waals surface area contributed by atoms with Crippen LogP contribution in [0.5, 0.6) is 0 Å². The van der Waals surface area contributed by atoms with Crippen molar-refractivity contribution < 1.29 is 29.6 Å². The van der Waals surface area contributed by atoms with E-state index in [1.165, 1.54) is 4.90 Å². The molecular weight excluding hydrogens is 492 g/mol. The van der Waals surface area contributed by atoms with Crippen LogP contribution in [-0.4, -0.2) is 92.3 Å². The number of aliphatic hydroxyl groups is 2. The van der Waals surface area contributed by atoms with E-state index < -0.39 is 35.5 Å². The third-order valence-corrected chi connectivity index (χ3v) is 8.10. The van der Waals surface area contributed by atoms with Crippen LogP contribution in [-0.2, 0) is 15.0 Å². The normalized spacial score (nSPS) is 30.0. The van der Waals surface area contributed by atoms with E-state index in [-0.39, 0.29) is 55.1 Å².